The molecule has 5 heteroatoms. The Morgan fingerprint density at radius 3 is 3.07 bits per heavy atom. The van der Waals surface area contributed by atoms with E-state index in [-0.39, 0.29) is 0 Å². The summed E-state index contributed by atoms with van der Waals surface area (Å²) in [5, 5.41) is 3.20. The van der Waals surface area contributed by atoms with Crippen LogP contribution >= 0.6 is 22.9 Å². The second kappa shape index (κ2) is 5.28. The third kappa shape index (κ3) is 3.04. The van der Waals surface area contributed by atoms with Crippen LogP contribution in [0.3, 0.4) is 0 Å². The quantitative estimate of drug-likeness (QED) is 0.754. The summed E-state index contributed by atoms with van der Waals surface area (Å²) >= 11 is 7.38. The Labute approximate surface area is 97.8 Å². The minimum Gasteiger partial charge on any atom is -0.337 e. The third-order valence-corrected chi connectivity index (χ3v) is 3.33. The first-order valence-corrected chi connectivity index (χ1v) is 6.25. The van der Waals surface area contributed by atoms with Gasteiger partial charge in [0.25, 0.3) is 0 Å². The van der Waals surface area contributed by atoms with E-state index < -0.39 is 0 Å². The van der Waals surface area contributed by atoms with Gasteiger partial charge in [-0.1, -0.05) is 0 Å². The zero-order valence-electron chi connectivity index (χ0n) is 8.27. The Balaban J connectivity index is 1.78. The normalized spacial score (nSPS) is 10.7. The smallest absolute Gasteiger partial charge is 0.0945 e. The Morgan fingerprint density at radius 1 is 1.47 bits per heavy atom. The SMILES string of the molecule is ClCc1csc(CCCn2ccnc2)n1. The molecule has 0 amide bonds. The summed E-state index contributed by atoms with van der Waals surface area (Å²) in [6.45, 7) is 0.996. The van der Waals surface area contributed by atoms with Crippen LogP contribution in [0.15, 0.2) is 24.1 Å². The van der Waals surface area contributed by atoms with Crippen LogP contribution in [-0.2, 0) is 18.8 Å². The van der Waals surface area contributed by atoms with Crippen molar-refractivity contribution in [1.29, 1.82) is 0 Å². The maximum absolute atomic E-state index is 5.69. The van der Waals surface area contributed by atoms with E-state index in [1.807, 2.05) is 17.9 Å². The van der Waals surface area contributed by atoms with E-state index in [4.69, 9.17) is 11.6 Å². The molecule has 0 N–H and O–H groups in total. The molecule has 2 rings (SSSR count). The molecule has 0 unspecified atom stereocenters. The number of halogens is 1. The molecule has 80 valence electrons. The van der Waals surface area contributed by atoms with E-state index in [1.54, 1.807) is 17.5 Å². The van der Waals surface area contributed by atoms with Gasteiger partial charge in [-0.15, -0.1) is 22.9 Å². The summed E-state index contributed by atoms with van der Waals surface area (Å²) in [6.07, 6.45) is 7.72. The van der Waals surface area contributed by atoms with Crippen molar-refractivity contribution in [2.45, 2.75) is 25.3 Å². The molecule has 15 heavy (non-hydrogen) atoms. The van der Waals surface area contributed by atoms with Gasteiger partial charge in [0, 0.05) is 30.7 Å². The Hall–Kier alpha value is -0.870. The fourth-order valence-corrected chi connectivity index (χ4v) is 2.43. The van der Waals surface area contributed by atoms with E-state index in [0.29, 0.717) is 5.88 Å². The van der Waals surface area contributed by atoms with Crippen LogP contribution in [0.2, 0.25) is 0 Å². The monoisotopic (exact) mass is 241 g/mol. The van der Waals surface area contributed by atoms with Gasteiger partial charge < -0.3 is 4.57 Å². The van der Waals surface area contributed by atoms with Crippen LogP contribution in [0.25, 0.3) is 0 Å². The average molecular weight is 242 g/mol. The topological polar surface area (TPSA) is 30.7 Å². The van der Waals surface area contributed by atoms with Crippen molar-refractivity contribution in [3.8, 4) is 0 Å². The van der Waals surface area contributed by atoms with Gasteiger partial charge in [-0.3, -0.25) is 0 Å². The van der Waals surface area contributed by atoms with Crippen molar-refractivity contribution >= 4 is 22.9 Å². The molecule has 0 aliphatic rings. The zero-order chi connectivity index (χ0) is 10.5. The minimum atomic E-state index is 0.512. The highest BCUT2D eigenvalue weighted by Gasteiger charge is 2.00. The van der Waals surface area contributed by atoms with E-state index in [1.165, 1.54) is 5.01 Å². The molecule has 0 aliphatic heterocycles. The Morgan fingerprint density at radius 2 is 2.40 bits per heavy atom. The minimum absolute atomic E-state index is 0.512. The van der Waals surface area contributed by atoms with Crippen LogP contribution in [0, 0.1) is 0 Å². The standard InChI is InChI=1S/C10H12ClN3S/c11-6-9-7-15-10(13-9)2-1-4-14-5-3-12-8-14/h3,5,7-8H,1-2,4,6H2. The highest BCUT2D eigenvalue weighted by molar-refractivity contribution is 7.09. The summed E-state index contributed by atoms with van der Waals surface area (Å²) in [5.41, 5.74) is 0.985. The third-order valence-electron chi connectivity index (χ3n) is 2.10. The molecule has 2 aromatic rings. The van der Waals surface area contributed by atoms with E-state index in [2.05, 4.69) is 14.5 Å². The maximum Gasteiger partial charge on any atom is 0.0945 e. The number of rotatable bonds is 5. The molecule has 0 spiro atoms. The highest BCUT2D eigenvalue weighted by atomic mass is 35.5. The van der Waals surface area contributed by atoms with Crippen LogP contribution in [0.1, 0.15) is 17.1 Å². The second-order valence-corrected chi connectivity index (χ2v) is 4.48. The van der Waals surface area contributed by atoms with Gasteiger partial charge >= 0.3 is 0 Å². The van der Waals surface area contributed by atoms with E-state index in [9.17, 15) is 0 Å². The zero-order valence-corrected chi connectivity index (χ0v) is 9.84. The molecule has 0 saturated carbocycles. The fraction of sp³-hybridized carbons (Fsp3) is 0.400. The first-order chi connectivity index (χ1) is 7.38. The predicted molar refractivity (Wildman–Crippen MR) is 62.2 cm³/mol. The summed E-state index contributed by atoms with van der Waals surface area (Å²) in [5.74, 6) is 0.512. The number of thiazole rings is 1. The van der Waals surface area contributed by atoms with Crippen LogP contribution < -0.4 is 0 Å². The van der Waals surface area contributed by atoms with Crippen LogP contribution in [-0.4, -0.2) is 14.5 Å². The predicted octanol–water partition coefficient (Wildman–Crippen LogP) is 2.71. The lowest BCUT2D eigenvalue weighted by Gasteiger charge is -1.99. The van der Waals surface area contributed by atoms with Gasteiger partial charge in [0.1, 0.15) is 0 Å². The van der Waals surface area contributed by atoms with E-state index >= 15 is 0 Å². The number of nitrogens with zero attached hydrogens (tertiary/aromatic N) is 3. The van der Waals surface area contributed by atoms with Crippen molar-refractivity contribution in [3.63, 3.8) is 0 Å². The molecule has 2 aromatic heterocycles. The molecule has 0 fully saturated rings. The van der Waals surface area contributed by atoms with Crippen LogP contribution in [0.5, 0.6) is 0 Å². The molecule has 0 radical (unpaired) electrons. The van der Waals surface area contributed by atoms with Crippen molar-refractivity contribution in [1.82, 2.24) is 14.5 Å². The Bertz CT molecular complexity index is 396. The van der Waals surface area contributed by atoms with Gasteiger partial charge in [0.15, 0.2) is 0 Å². The molecule has 0 atom stereocenters. The molecule has 3 nitrogen and oxygen atoms in total. The first-order valence-electron chi connectivity index (χ1n) is 4.83. The molecular weight excluding hydrogens is 230 g/mol. The number of imidazole rings is 1. The fourth-order valence-electron chi connectivity index (χ4n) is 1.36. The second-order valence-electron chi connectivity index (χ2n) is 3.27. The number of aryl methyl sites for hydroxylation is 2. The first kappa shape index (κ1) is 10.6. The number of alkyl halides is 1. The summed E-state index contributed by atoms with van der Waals surface area (Å²) in [7, 11) is 0. The highest BCUT2D eigenvalue weighted by Crippen LogP contribution is 2.13. The summed E-state index contributed by atoms with van der Waals surface area (Å²) < 4.78 is 2.08. The molecule has 2 heterocycles. The average Bonchev–Trinajstić information content (AvgIpc) is 2.88. The number of aromatic nitrogens is 3. The molecule has 0 aliphatic carbocycles. The molecule has 0 bridgehead atoms. The van der Waals surface area contributed by atoms with E-state index in [0.717, 1.165) is 25.1 Å². The summed E-state index contributed by atoms with van der Waals surface area (Å²) in [4.78, 5) is 8.41. The van der Waals surface area contributed by atoms with Gasteiger partial charge in [-0.25, -0.2) is 9.97 Å². The number of hydrogen-bond donors (Lipinski definition) is 0. The van der Waals surface area contributed by atoms with Gasteiger partial charge in [0.2, 0.25) is 0 Å². The van der Waals surface area contributed by atoms with Crippen molar-refractivity contribution < 1.29 is 0 Å². The van der Waals surface area contributed by atoms with Crippen molar-refractivity contribution in [2.75, 3.05) is 0 Å². The van der Waals surface area contributed by atoms with Gasteiger partial charge in [-0.2, -0.15) is 0 Å². The van der Waals surface area contributed by atoms with Crippen LogP contribution in [0.4, 0.5) is 0 Å². The largest absolute Gasteiger partial charge is 0.337 e. The summed E-state index contributed by atoms with van der Waals surface area (Å²) in [6, 6.07) is 0. The maximum atomic E-state index is 5.69. The van der Waals surface area contributed by atoms with Gasteiger partial charge in [0.05, 0.1) is 22.9 Å². The van der Waals surface area contributed by atoms with Crippen molar-refractivity contribution in [2.24, 2.45) is 0 Å². The Kier molecular flexibility index (Phi) is 3.75. The lowest BCUT2D eigenvalue weighted by molar-refractivity contribution is 0.640. The van der Waals surface area contributed by atoms with Crippen molar-refractivity contribution in [3.05, 3.63) is 34.8 Å². The lowest BCUT2D eigenvalue weighted by atomic mass is 10.3. The number of hydrogen-bond acceptors (Lipinski definition) is 3. The molecular formula is C10H12ClN3S. The lowest BCUT2D eigenvalue weighted by Crippen LogP contribution is -1.96. The van der Waals surface area contributed by atoms with Gasteiger partial charge in [-0.05, 0) is 6.42 Å². The molecule has 0 aromatic carbocycles. The molecule has 0 saturated heterocycles.